The number of thiophene rings is 1. The van der Waals surface area contributed by atoms with Gasteiger partial charge in [-0.25, -0.2) is 0 Å². The topological polar surface area (TPSA) is 26.0 Å². The smallest absolute Gasteiger partial charge is 0.0406 e. The molecule has 0 aliphatic carbocycles. The van der Waals surface area contributed by atoms with Crippen molar-refractivity contribution in [3.63, 3.8) is 0 Å². The van der Waals surface area contributed by atoms with Crippen molar-refractivity contribution in [2.24, 2.45) is 5.73 Å². The highest BCUT2D eigenvalue weighted by atomic mass is 79.9. The van der Waals surface area contributed by atoms with Crippen molar-refractivity contribution in [3.8, 4) is 0 Å². The molecule has 2 N–H and O–H groups in total. The molecule has 0 bridgehead atoms. The summed E-state index contributed by atoms with van der Waals surface area (Å²) < 4.78 is 1.15. The molecule has 1 nitrogen and oxygen atoms in total. The lowest BCUT2D eigenvalue weighted by Gasteiger charge is -2.13. The van der Waals surface area contributed by atoms with E-state index in [0.717, 1.165) is 10.2 Å². The molecule has 2 unspecified atom stereocenters. The molecule has 80 valence electrons. The minimum atomic E-state index is 0.162. The molecule has 0 saturated carbocycles. The number of hydrogen-bond donors (Lipinski definition) is 1. The molecular weight excluding hydrogens is 278 g/mol. The Morgan fingerprint density at radius 3 is 2.79 bits per heavy atom. The first-order valence-electron chi connectivity index (χ1n) is 4.74. The third-order valence-corrected chi connectivity index (χ3v) is 5.38. The first kappa shape index (κ1) is 12.6. The lowest BCUT2D eigenvalue weighted by Crippen LogP contribution is -2.14. The summed E-state index contributed by atoms with van der Waals surface area (Å²) in [5.74, 6) is 1.00. The Bertz CT molecular complexity index is 275. The van der Waals surface area contributed by atoms with Crippen molar-refractivity contribution in [3.05, 3.63) is 20.8 Å². The van der Waals surface area contributed by atoms with E-state index in [-0.39, 0.29) is 6.04 Å². The van der Waals surface area contributed by atoms with Gasteiger partial charge in [0, 0.05) is 26.9 Å². The van der Waals surface area contributed by atoms with Crippen LogP contribution in [0.15, 0.2) is 15.2 Å². The second kappa shape index (κ2) is 6.16. The maximum absolute atomic E-state index is 6.10. The first-order chi connectivity index (χ1) is 6.65. The predicted molar refractivity (Wildman–Crippen MR) is 71.2 cm³/mol. The number of halogens is 1. The van der Waals surface area contributed by atoms with Crippen LogP contribution in [0.5, 0.6) is 0 Å². The van der Waals surface area contributed by atoms with Crippen molar-refractivity contribution in [1.29, 1.82) is 0 Å². The zero-order valence-electron chi connectivity index (χ0n) is 8.50. The van der Waals surface area contributed by atoms with Gasteiger partial charge in [-0.3, -0.25) is 0 Å². The Morgan fingerprint density at radius 1 is 1.57 bits per heavy atom. The largest absolute Gasteiger partial charge is 0.323 e. The Kier molecular flexibility index (Phi) is 5.52. The van der Waals surface area contributed by atoms with Crippen LogP contribution in [0.25, 0.3) is 0 Å². The molecule has 4 heteroatoms. The summed E-state index contributed by atoms with van der Waals surface area (Å²) in [6.07, 6.45) is 1.21. The van der Waals surface area contributed by atoms with E-state index in [4.69, 9.17) is 5.73 Å². The van der Waals surface area contributed by atoms with Crippen LogP contribution in [0.2, 0.25) is 0 Å². The van der Waals surface area contributed by atoms with Crippen molar-refractivity contribution < 1.29 is 0 Å². The fourth-order valence-electron chi connectivity index (χ4n) is 1.03. The lowest BCUT2D eigenvalue weighted by atomic mass is 10.2. The van der Waals surface area contributed by atoms with Crippen LogP contribution < -0.4 is 5.73 Å². The van der Waals surface area contributed by atoms with Crippen LogP contribution in [-0.2, 0) is 0 Å². The molecule has 0 radical (unpaired) electrons. The molecule has 0 amide bonds. The molecule has 0 aliphatic rings. The molecule has 0 aliphatic heterocycles. The van der Waals surface area contributed by atoms with Gasteiger partial charge in [-0.2, -0.15) is 23.1 Å². The Hall–Kier alpha value is 0.490. The Balaban J connectivity index is 2.43. The van der Waals surface area contributed by atoms with Gasteiger partial charge >= 0.3 is 0 Å². The van der Waals surface area contributed by atoms with Crippen LogP contribution in [0, 0.1) is 0 Å². The summed E-state index contributed by atoms with van der Waals surface area (Å²) in [7, 11) is 0. The number of thioether (sulfide) groups is 1. The number of nitrogens with two attached hydrogens (primary N) is 1. The Labute approximate surface area is 103 Å². The van der Waals surface area contributed by atoms with E-state index in [9.17, 15) is 0 Å². The summed E-state index contributed by atoms with van der Waals surface area (Å²) in [4.78, 5) is 0. The average Bonchev–Trinajstić information content (AvgIpc) is 2.60. The van der Waals surface area contributed by atoms with Gasteiger partial charge in [-0.05, 0) is 33.3 Å². The molecule has 14 heavy (non-hydrogen) atoms. The zero-order valence-corrected chi connectivity index (χ0v) is 11.7. The summed E-state index contributed by atoms with van der Waals surface area (Å²) in [5.41, 5.74) is 7.34. The monoisotopic (exact) mass is 293 g/mol. The second-order valence-corrected chi connectivity index (χ2v) is 6.40. The van der Waals surface area contributed by atoms with Crippen LogP contribution in [0.4, 0.5) is 0 Å². The van der Waals surface area contributed by atoms with E-state index in [0.29, 0.717) is 5.25 Å². The van der Waals surface area contributed by atoms with Gasteiger partial charge in [0.25, 0.3) is 0 Å². The van der Waals surface area contributed by atoms with Gasteiger partial charge in [-0.15, -0.1) is 0 Å². The Morgan fingerprint density at radius 2 is 2.29 bits per heavy atom. The van der Waals surface area contributed by atoms with Crippen LogP contribution in [-0.4, -0.2) is 11.0 Å². The third-order valence-electron chi connectivity index (χ3n) is 2.18. The summed E-state index contributed by atoms with van der Waals surface area (Å²) >= 11 is 7.16. The van der Waals surface area contributed by atoms with E-state index in [2.05, 4.69) is 40.5 Å². The van der Waals surface area contributed by atoms with E-state index >= 15 is 0 Å². The zero-order chi connectivity index (χ0) is 10.6. The van der Waals surface area contributed by atoms with Crippen LogP contribution in [0.1, 0.15) is 31.9 Å². The van der Waals surface area contributed by atoms with Gasteiger partial charge in [0.05, 0.1) is 0 Å². The number of rotatable bonds is 5. The molecular formula is C10H16BrNS2. The normalized spacial score (nSPS) is 15.4. The quantitative estimate of drug-likeness (QED) is 0.887. The van der Waals surface area contributed by atoms with Crippen LogP contribution in [0.3, 0.4) is 0 Å². The predicted octanol–water partition coefficient (Wildman–Crippen LogP) is 4.04. The van der Waals surface area contributed by atoms with Crippen molar-refractivity contribution >= 4 is 39.0 Å². The van der Waals surface area contributed by atoms with Crippen molar-refractivity contribution in [2.75, 3.05) is 5.75 Å². The van der Waals surface area contributed by atoms with E-state index < -0.39 is 0 Å². The van der Waals surface area contributed by atoms with Crippen molar-refractivity contribution in [1.82, 2.24) is 0 Å². The highest BCUT2D eigenvalue weighted by Crippen LogP contribution is 2.29. The van der Waals surface area contributed by atoms with Crippen LogP contribution >= 0.6 is 39.0 Å². The van der Waals surface area contributed by atoms with E-state index in [1.165, 1.54) is 12.0 Å². The molecule has 0 saturated heterocycles. The van der Waals surface area contributed by atoms with Crippen molar-refractivity contribution in [2.45, 2.75) is 31.6 Å². The van der Waals surface area contributed by atoms with Gasteiger partial charge < -0.3 is 5.73 Å². The molecule has 0 spiro atoms. The maximum Gasteiger partial charge on any atom is 0.0406 e. The fourth-order valence-corrected chi connectivity index (χ4v) is 3.64. The van der Waals surface area contributed by atoms with E-state index in [1.54, 1.807) is 11.3 Å². The highest BCUT2D eigenvalue weighted by molar-refractivity contribution is 9.10. The third kappa shape index (κ3) is 3.57. The van der Waals surface area contributed by atoms with E-state index in [1.807, 2.05) is 11.8 Å². The summed E-state index contributed by atoms with van der Waals surface area (Å²) in [6.45, 7) is 4.46. The standard InChI is InChI=1S/C10H16BrNS2/c1-3-7(2)14-6-10(12)8-4-13-5-9(8)11/h4-5,7,10H,3,6,12H2,1-2H3. The minimum Gasteiger partial charge on any atom is -0.323 e. The van der Waals surface area contributed by atoms with Gasteiger partial charge in [-0.1, -0.05) is 13.8 Å². The second-order valence-electron chi connectivity index (χ2n) is 3.33. The highest BCUT2D eigenvalue weighted by Gasteiger charge is 2.11. The molecule has 1 heterocycles. The summed E-state index contributed by atoms with van der Waals surface area (Å²) in [5, 5.41) is 4.92. The molecule has 1 rings (SSSR count). The molecule has 1 aromatic rings. The molecule has 0 fully saturated rings. The average molecular weight is 294 g/mol. The molecule has 0 aromatic carbocycles. The van der Waals surface area contributed by atoms with Gasteiger partial charge in [0.15, 0.2) is 0 Å². The lowest BCUT2D eigenvalue weighted by molar-refractivity contribution is 0.821. The number of hydrogen-bond acceptors (Lipinski definition) is 3. The molecule has 2 atom stereocenters. The SMILES string of the molecule is CCC(C)SCC(N)c1cscc1Br. The van der Waals surface area contributed by atoms with Gasteiger partial charge in [0.1, 0.15) is 0 Å². The fraction of sp³-hybridized carbons (Fsp3) is 0.600. The van der Waals surface area contributed by atoms with Gasteiger partial charge in [0.2, 0.25) is 0 Å². The minimum absolute atomic E-state index is 0.162. The first-order valence-corrected chi connectivity index (χ1v) is 7.52. The summed E-state index contributed by atoms with van der Waals surface area (Å²) in [6, 6.07) is 0.162. The molecule has 1 aromatic heterocycles. The maximum atomic E-state index is 6.10.